The highest BCUT2D eigenvalue weighted by Gasteiger charge is 2.26. The fourth-order valence-corrected chi connectivity index (χ4v) is 3.54. The van der Waals surface area contributed by atoms with Crippen molar-refractivity contribution in [2.45, 2.75) is 65.2 Å². The molecule has 0 aliphatic rings. The van der Waals surface area contributed by atoms with E-state index >= 15 is 0 Å². The van der Waals surface area contributed by atoms with Gasteiger partial charge in [0.2, 0.25) is 0 Å². The van der Waals surface area contributed by atoms with E-state index in [1.165, 1.54) is 14.2 Å². The first-order chi connectivity index (χ1) is 15.3. The van der Waals surface area contributed by atoms with Crippen LogP contribution in [-0.4, -0.2) is 37.7 Å². The molecule has 0 radical (unpaired) electrons. The molecular formula is C27H36O6. The number of carbonyl (C=O) groups excluding carboxylic acids is 2. The van der Waals surface area contributed by atoms with Crippen molar-refractivity contribution >= 4 is 11.8 Å². The molecule has 0 unspecified atom stereocenters. The van der Waals surface area contributed by atoms with Gasteiger partial charge in [0.1, 0.15) is 5.75 Å². The predicted molar refractivity (Wildman–Crippen MR) is 129 cm³/mol. The second-order valence-electron chi connectivity index (χ2n) is 10.2. The fourth-order valence-electron chi connectivity index (χ4n) is 3.54. The van der Waals surface area contributed by atoms with Crippen LogP contribution in [0.15, 0.2) is 30.3 Å². The van der Waals surface area contributed by atoms with Gasteiger partial charge < -0.3 is 19.3 Å². The Labute approximate surface area is 196 Å². The Balaban J connectivity index is 2.07. The number of rotatable bonds is 8. The van der Waals surface area contributed by atoms with Gasteiger partial charge in [0, 0.05) is 12.0 Å². The number of ether oxygens (including phenoxy) is 3. The molecule has 6 nitrogen and oxygen atoms in total. The second-order valence-corrected chi connectivity index (χ2v) is 10.2. The van der Waals surface area contributed by atoms with Crippen molar-refractivity contribution in [3.8, 4) is 17.2 Å². The molecule has 0 fully saturated rings. The van der Waals surface area contributed by atoms with Gasteiger partial charge >= 0.3 is 5.97 Å². The average molecular weight is 457 g/mol. The Kier molecular flexibility index (Phi) is 8.17. The number of aryl methyl sites for hydroxylation is 1. The zero-order valence-electron chi connectivity index (χ0n) is 21.0. The molecule has 0 bridgehead atoms. The fraction of sp³-hybridized carbons (Fsp3) is 0.481. The lowest BCUT2D eigenvalue weighted by atomic mass is 9.78. The molecular weight excluding hydrogens is 420 g/mol. The second kappa shape index (κ2) is 10.3. The van der Waals surface area contributed by atoms with Crippen LogP contribution in [0.1, 0.15) is 75.0 Å². The molecule has 2 rings (SSSR count). The lowest BCUT2D eigenvalue weighted by Crippen LogP contribution is -2.18. The smallest absolute Gasteiger partial charge is 0.306 e. The minimum absolute atomic E-state index is 0.136. The van der Waals surface area contributed by atoms with E-state index in [4.69, 9.17) is 14.2 Å². The number of Topliss-reactive ketones (excluding diaryl/α,β-unsaturated/α-hetero) is 1. The van der Waals surface area contributed by atoms with Crippen molar-refractivity contribution in [3.63, 3.8) is 0 Å². The molecule has 0 saturated carbocycles. The van der Waals surface area contributed by atoms with Gasteiger partial charge in [0.05, 0.1) is 14.2 Å². The van der Waals surface area contributed by atoms with Gasteiger partial charge in [-0.1, -0.05) is 53.7 Å². The predicted octanol–water partition coefficient (Wildman–Crippen LogP) is 5.36. The molecule has 0 aliphatic carbocycles. The van der Waals surface area contributed by atoms with Gasteiger partial charge in [0.15, 0.2) is 23.9 Å². The third-order valence-corrected chi connectivity index (χ3v) is 5.47. The van der Waals surface area contributed by atoms with Crippen LogP contribution in [0.3, 0.4) is 0 Å². The topological polar surface area (TPSA) is 82.1 Å². The molecule has 0 atom stereocenters. The molecule has 0 aliphatic heterocycles. The van der Waals surface area contributed by atoms with Crippen molar-refractivity contribution in [1.82, 2.24) is 0 Å². The Hall–Kier alpha value is -3.02. The van der Waals surface area contributed by atoms with Crippen LogP contribution >= 0.6 is 0 Å². The Morgan fingerprint density at radius 3 is 1.88 bits per heavy atom. The number of benzene rings is 2. The molecule has 33 heavy (non-hydrogen) atoms. The molecule has 2 aromatic carbocycles. The lowest BCUT2D eigenvalue weighted by Gasteiger charge is -2.28. The summed E-state index contributed by atoms with van der Waals surface area (Å²) in [6.07, 6.45) is 0.590. The zero-order chi connectivity index (χ0) is 25.0. The van der Waals surface area contributed by atoms with Crippen LogP contribution in [0.25, 0.3) is 0 Å². The first kappa shape index (κ1) is 26.2. The molecule has 1 N–H and O–H groups in total. The summed E-state index contributed by atoms with van der Waals surface area (Å²) in [4.78, 5) is 24.8. The maximum atomic E-state index is 12.4. The normalized spacial score (nSPS) is 11.8. The average Bonchev–Trinajstić information content (AvgIpc) is 2.74. The Bertz CT molecular complexity index is 973. The summed E-state index contributed by atoms with van der Waals surface area (Å²) in [6.45, 7) is 11.9. The van der Waals surface area contributed by atoms with Gasteiger partial charge in [0.25, 0.3) is 0 Å². The maximum Gasteiger partial charge on any atom is 0.306 e. The van der Waals surface area contributed by atoms with Crippen molar-refractivity contribution in [2.75, 3.05) is 20.8 Å². The number of hydrogen-bond donors (Lipinski definition) is 1. The number of phenolic OH excluding ortho intramolecular Hbond substituents is 1. The molecule has 0 heterocycles. The SMILES string of the molecule is COc1ccc(C(=O)COC(=O)CCc2cc(C(C)(C)C)c(O)c(C(C)(C)C)c2)cc1OC. The molecule has 0 amide bonds. The van der Waals surface area contributed by atoms with E-state index < -0.39 is 5.97 Å². The lowest BCUT2D eigenvalue weighted by molar-refractivity contribution is -0.142. The molecule has 180 valence electrons. The largest absolute Gasteiger partial charge is 0.507 e. The highest BCUT2D eigenvalue weighted by atomic mass is 16.5. The quantitative estimate of drug-likeness (QED) is 0.425. The van der Waals surface area contributed by atoms with Gasteiger partial charge in [-0.05, 0) is 52.1 Å². The minimum atomic E-state index is -0.452. The van der Waals surface area contributed by atoms with Gasteiger partial charge in [-0.25, -0.2) is 0 Å². The standard InChI is InChI=1S/C27H36O6/c1-26(2,3)19-13-17(14-20(25(19)30)27(4,5)6)9-12-24(29)33-16-21(28)18-10-11-22(31-7)23(15-18)32-8/h10-11,13-15,30H,9,12,16H2,1-8H3. The Morgan fingerprint density at radius 1 is 0.848 bits per heavy atom. The molecule has 0 saturated heterocycles. The number of ketones is 1. The summed E-state index contributed by atoms with van der Waals surface area (Å²) >= 11 is 0. The summed E-state index contributed by atoms with van der Waals surface area (Å²) in [5.74, 6) is 0.489. The third-order valence-electron chi connectivity index (χ3n) is 5.47. The molecule has 0 spiro atoms. The van der Waals surface area contributed by atoms with Crippen LogP contribution < -0.4 is 9.47 Å². The van der Waals surface area contributed by atoms with E-state index in [9.17, 15) is 14.7 Å². The first-order valence-corrected chi connectivity index (χ1v) is 11.1. The summed E-state index contributed by atoms with van der Waals surface area (Å²) < 4.78 is 15.6. The molecule has 2 aromatic rings. The maximum absolute atomic E-state index is 12.4. The number of aromatic hydroxyl groups is 1. The summed E-state index contributed by atoms with van der Waals surface area (Å²) in [5.41, 5.74) is 2.54. The first-order valence-electron chi connectivity index (χ1n) is 11.1. The van der Waals surface area contributed by atoms with Crippen molar-refractivity contribution < 1.29 is 28.9 Å². The van der Waals surface area contributed by atoms with E-state index in [0.717, 1.165) is 16.7 Å². The van der Waals surface area contributed by atoms with Crippen LogP contribution in [0.4, 0.5) is 0 Å². The summed E-state index contributed by atoms with van der Waals surface area (Å²) in [7, 11) is 3.01. The van der Waals surface area contributed by atoms with Gasteiger partial charge in [-0.3, -0.25) is 9.59 Å². The van der Waals surface area contributed by atoms with Crippen LogP contribution in [0.5, 0.6) is 17.2 Å². The number of hydrogen-bond acceptors (Lipinski definition) is 6. The van der Waals surface area contributed by atoms with Crippen LogP contribution in [-0.2, 0) is 26.8 Å². The van der Waals surface area contributed by atoms with Crippen LogP contribution in [0.2, 0.25) is 0 Å². The van der Waals surface area contributed by atoms with Crippen molar-refractivity contribution in [2.24, 2.45) is 0 Å². The number of carbonyl (C=O) groups is 2. The van der Waals surface area contributed by atoms with Gasteiger partial charge in [-0.15, -0.1) is 0 Å². The minimum Gasteiger partial charge on any atom is -0.507 e. The van der Waals surface area contributed by atoms with E-state index in [1.54, 1.807) is 18.2 Å². The summed E-state index contributed by atoms with van der Waals surface area (Å²) in [5, 5.41) is 10.8. The van der Waals surface area contributed by atoms with Gasteiger partial charge in [-0.2, -0.15) is 0 Å². The van der Waals surface area contributed by atoms with E-state index in [2.05, 4.69) is 0 Å². The summed E-state index contributed by atoms with van der Waals surface area (Å²) in [6, 6.07) is 8.71. The Morgan fingerprint density at radius 2 is 1.39 bits per heavy atom. The van der Waals surface area contributed by atoms with Crippen LogP contribution in [0, 0.1) is 0 Å². The monoisotopic (exact) mass is 456 g/mol. The van der Waals surface area contributed by atoms with E-state index in [0.29, 0.717) is 29.2 Å². The highest BCUT2D eigenvalue weighted by Crippen LogP contribution is 2.40. The van der Waals surface area contributed by atoms with Crippen molar-refractivity contribution in [3.05, 3.63) is 52.6 Å². The highest BCUT2D eigenvalue weighted by molar-refractivity contribution is 5.98. The number of esters is 1. The third kappa shape index (κ3) is 6.73. The molecule has 0 aromatic heterocycles. The van der Waals surface area contributed by atoms with E-state index in [-0.39, 0.29) is 29.6 Å². The van der Waals surface area contributed by atoms with Crippen molar-refractivity contribution in [1.29, 1.82) is 0 Å². The molecule has 6 heteroatoms. The van der Waals surface area contributed by atoms with E-state index in [1.807, 2.05) is 53.7 Å². The zero-order valence-corrected chi connectivity index (χ0v) is 21.0. The number of methoxy groups -OCH3 is 2. The number of phenols is 1.